The number of hydrogen-bond donors (Lipinski definition) is 0. The van der Waals surface area contributed by atoms with Crippen molar-refractivity contribution in [2.45, 2.75) is 39.2 Å². The Morgan fingerprint density at radius 1 is 1.36 bits per heavy atom. The van der Waals surface area contributed by atoms with Gasteiger partial charge in [0.05, 0.1) is 0 Å². The van der Waals surface area contributed by atoms with Crippen LogP contribution in [0.3, 0.4) is 0 Å². The number of unbranched alkanes of at least 4 members (excludes halogenated alkanes) is 1. The van der Waals surface area contributed by atoms with Gasteiger partial charge in [-0.25, -0.2) is 0 Å². The van der Waals surface area contributed by atoms with E-state index in [0.29, 0.717) is 6.04 Å². The molecule has 11 heavy (non-hydrogen) atoms. The summed E-state index contributed by atoms with van der Waals surface area (Å²) in [5.41, 5.74) is 0. The van der Waals surface area contributed by atoms with Crippen molar-refractivity contribution in [1.29, 1.82) is 0 Å². The van der Waals surface area contributed by atoms with Crippen LogP contribution in [0, 0.1) is 0 Å². The molecule has 0 amide bonds. The minimum Gasteiger partial charge on any atom is -0.295 e. The maximum Gasteiger partial charge on any atom is 0.0472 e. The molecule has 0 fully saturated rings. The first kappa shape index (κ1) is 10.3. The van der Waals surface area contributed by atoms with Crippen LogP contribution >= 0.6 is 0 Å². The van der Waals surface area contributed by atoms with Gasteiger partial charge < -0.3 is 0 Å². The van der Waals surface area contributed by atoms with Crippen molar-refractivity contribution in [2.24, 2.45) is 9.98 Å². The highest BCUT2D eigenvalue weighted by Crippen LogP contribution is 2.01. The third kappa shape index (κ3) is 7.23. The van der Waals surface area contributed by atoms with E-state index < -0.39 is 0 Å². The Balaban J connectivity index is 3.42. The number of rotatable bonds is 5. The topological polar surface area (TPSA) is 24.7 Å². The largest absolute Gasteiger partial charge is 0.295 e. The summed E-state index contributed by atoms with van der Waals surface area (Å²) in [4.78, 5) is 8.09. The lowest BCUT2D eigenvalue weighted by Crippen LogP contribution is -1.97. The Bertz CT molecular complexity index is 128. The lowest BCUT2D eigenvalue weighted by Gasteiger charge is -2.02. The molecule has 0 aliphatic carbocycles. The highest BCUT2D eigenvalue weighted by Gasteiger charge is 1.94. The summed E-state index contributed by atoms with van der Waals surface area (Å²) in [5.74, 6) is 0. The Morgan fingerprint density at radius 3 is 2.64 bits per heavy atom. The summed E-state index contributed by atoms with van der Waals surface area (Å²) in [6.07, 6.45) is 7.21. The van der Waals surface area contributed by atoms with E-state index in [1.807, 2.05) is 0 Å². The van der Waals surface area contributed by atoms with Gasteiger partial charge in [-0.05, 0) is 13.3 Å². The number of nitrogens with zero attached hydrogens (tertiary/aromatic N) is 2. The van der Waals surface area contributed by atoms with E-state index in [1.165, 1.54) is 19.3 Å². The predicted molar refractivity (Wildman–Crippen MR) is 51.9 cm³/mol. The monoisotopic (exact) mass is 154 g/mol. The van der Waals surface area contributed by atoms with Crippen LogP contribution < -0.4 is 0 Å². The number of aliphatic imine (C=N–C) groups is 2. The maximum absolute atomic E-state index is 4.28. The molecule has 0 bridgehead atoms. The predicted octanol–water partition coefficient (Wildman–Crippen LogP) is 2.34. The van der Waals surface area contributed by atoms with Crippen LogP contribution in [0.2, 0.25) is 0 Å². The van der Waals surface area contributed by atoms with Crippen LogP contribution in [0.5, 0.6) is 0 Å². The Morgan fingerprint density at radius 2 is 2.09 bits per heavy atom. The third-order valence-electron chi connectivity index (χ3n) is 1.53. The molecule has 0 aliphatic rings. The second-order valence-corrected chi connectivity index (χ2v) is 2.70. The van der Waals surface area contributed by atoms with Gasteiger partial charge in [0.25, 0.3) is 0 Å². The molecule has 0 aromatic heterocycles. The minimum atomic E-state index is 0.452. The average Bonchev–Trinajstić information content (AvgIpc) is 2.01. The summed E-state index contributed by atoms with van der Waals surface area (Å²) in [6, 6.07) is 0.452. The van der Waals surface area contributed by atoms with Crippen molar-refractivity contribution in [1.82, 2.24) is 0 Å². The number of hydrogen-bond acceptors (Lipinski definition) is 2. The molecule has 2 heteroatoms. The molecule has 0 saturated heterocycles. The van der Waals surface area contributed by atoms with Gasteiger partial charge in [-0.1, -0.05) is 19.8 Å². The van der Waals surface area contributed by atoms with Crippen molar-refractivity contribution in [3.05, 3.63) is 0 Å². The second kappa shape index (κ2) is 7.45. The molecule has 1 atom stereocenters. The fraction of sp³-hybridized carbons (Fsp3) is 0.778. The Kier molecular flexibility index (Phi) is 7.00. The van der Waals surface area contributed by atoms with E-state index in [0.717, 1.165) is 0 Å². The summed E-state index contributed by atoms with van der Waals surface area (Å²) in [5, 5.41) is 0. The first-order chi connectivity index (χ1) is 5.31. The fourth-order valence-electron chi connectivity index (χ4n) is 0.826. The van der Waals surface area contributed by atoms with Crippen LogP contribution in [-0.2, 0) is 0 Å². The van der Waals surface area contributed by atoms with Crippen molar-refractivity contribution in [3.63, 3.8) is 0 Å². The molecule has 0 radical (unpaired) electrons. The highest BCUT2D eigenvalue weighted by molar-refractivity contribution is 6.15. The van der Waals surface area contributed by atoms with Gasteiger partial charge in [-0.15, -0.1) is 0 Å². The van der Waals surface area contributed by atoms with E-state index in [-0.39, 0.29) is 0 Å². The zero-order valence-corrected chi connectivity index (χ0v) is 7.75. The highest BCUT2D eigenvalue weighted by atomic mass is 14.8. The Hall–Kier alpha value is -0.660. The zero-order valence-electron chi connectivity index (χ0n) is 7.75. The maximum atomic E-state index is 4.28. The van der Waals surface area contributed by atoms with E-state index in [4.69, 9.17) is 0 Å². The summed E-state index contributed by atoms with van der Waals surface area (Å²) >= 11 is 0. The van der Waals surface area contributed by atoms with E-state index in [9.17, 15) is 0 Å². The van der Waals surface area contributed by atoms with Crippen molar-refractivity contribution in [2.75, 3.05) is 7.05 Å². The van der Waals surface area contributed by atoms with E-state index in [1.54, 1.807) is 19.5 Å². The Labute approximate surface area is 69.4 Å². The average molecular weight is 154 g/mol. The molecule has 0 spiro atoms. The van der Waals surface area contributed by atoms with Crippen LogP contribution in [0.25, 0.3) is 0 Å². The van der Waals surface area contributed by atoms with Gasteiger partial charge in [0.15, 0.2) is 0 Å². The molecule has 64 valence electrons. The molecule has 2 nitrogen and oxygen atoms in total. The molecule has 0 N–H and O–H groups in total. The lowest BCUT2D eigenvalue weighted by molar-refractivity contribution is 0.620. The van der Waals surface area contributed by atoms with Gasteiger partial charge >= 0.3 is 0 Å². The molecule has 1 unspecified atom stereocenters. The van der Waals surface area contributed by atoms with Crippen LogP contribution in [0.15, 0.2) is 9.98 Å². The molecule has 0 rings (SSSR count). The van der Waals surface area contributed by atoms with Gasteiger partial charge in [-0.3, -0.25) is 9.98 Å². The lowest BCUT2D eigenvalue weighted by atomic mass is 10.1. The minimum absolute atomic E-state index is 0.452. The molecule has 0 saturated carbocycles. The molecule has 0 aromatic rings. The quantitative estimate of drug-likeness (QED) is 0.543. The van der Waals surface area contributed by atoms with Crippen LogP contribution in [0.4, 0.5) is 0 Å². The normalized spacial score (nSPS) is 14.8. The third-order valence-corrected chi connectivity index (χ3v) is 1.53. The molecular weight excluding hydrogens is 136 g/mol. The molecule has 0 aliphatic heterocycles. The van der Waals surface area contributed by atoms with Crippen molar-refractivity contribution < 1.29 is 0 Å². The summed E-state index contributed by atoms with van der Waals surface area (Å²) < 4.78 is 0. The molecule has 0 heterocycles. The summed E-state index contributed by atoms with van der Waals surface area (Å²) in [7, 11) is 1.75. The molecular formula is C9H18N2. The van der Waals surface area contributed by atoms with Crippen molar-refractivity contribution in [3.8, 4) is 0 Å². The standard InChI is InChI=1S/C9H18N2/c1-4-5-6-9(2)11-8-7-10-3/h7-9H,4-6H2,1-3H3/b10-7-,11-8-. The van der Waals surface area contributed by atoms with E-state index >= 15 is 0 Å². The van der Waals surface area contributed by atoms with Crippen LogP contribution in [-0.4, -0.2) is 25.5 Å². The second-order valence-electron chi connectivity index (χ2n) is 2.70. The molecule has 0 aromatic carbocycles. The SMILES string of the molecule is CCCCC(C)/N=C\C=N/C. The van der Waals surface area contributed by atoms with Gasteiger partial charge in [0, 0.05) is 25.5 Å². The fourth-order valence-corrected chi connectivity index (χ4v) is 0.826. The van der Waals surface area contributed by atoms with Gasteiger partial charge in [-0.2, -0.15) is 0 Å². The van der Waals surface area contributed by atoms with Crippen molar-refractivity contribution >= 4 is 12.4 Å². The van der Waals surface area contributed by atoms with Gasteiger partial charge in [0.1, 0.15) is 0 Å². The first-order valence-corrected chi connectivity index (χ1v) is 4.25. The van der Waals surface area contributed by atoms with Crippen LogP contribution in [0.1, 0.15) is 33.1 Å². The van der Waals surface area contributed by atoms with E-state index in [2.05, 4.69) is 23.8 Å². The zero-order chi connectivity index (χ0) is 8.53. The van der Waals surface area contributed by atoms with Gasteiger partial charge in [0.2, 0.25) is 0 Å². The summed E-state index contributed by atoms with van der Waals surface area (Å²) in [6.45, 7) is 4.33. The smallest absolute Gasteiger partial charge is 0.0472 e. The first-order valence-electron chi connectivity index (χ1n) is 4.25.